The molecule has 84 valence electrons. The predicted octanol–water partition coefficient (Wildman–Crippen LogP) is 3.45. The summed E-state index contributed by atoms with van der Waals surface area (Å²) in [7, 11) is 0. The minimum absolute atomic E-state index is 0.00344. The summed E-state index contributed by atoms with van der Waals surface area (Å²) in [6.07, 6.45) is 0. The first-order valence-corrected chi connectivity index (χ1v) is 5.26. The standard InChI is InChI=1S/C15H12O2/c1-11(16)12-7-9-14(10-8-12)15(17)13-5-3-2-4-6-13/h2-10,16H,1H2. The summed E-state index contributed by atoms with van der Waals surface area (Å²) < 4.78 is 0. The number of ketones is 1. The Hall–Kier alpha value is -2.35. The molecule has 1 N–H and O–H groups in total. The number of carbonyl (C=O) groups excluding carboxylic acids is 1. The Labute approximate surface area is 99.8 Å². The molecule has 0 saturated heterocycles. The van der Waals surface area contributed by atoms with Crippen LogP contribution in [-0.2, 0) is 0 Å². The fourth-order valence-electron chi connectivity index (χ4n) is 1.57. The molecule has 0 amide bonds. The van der Waals surface area contributed by atoms with Gasteiger partial charge in [0, 0.05) is 16.7 Å². The zero-order valence-corrected chi connectivity index (χ0v) is 9.26. The maximum atomic E-state index is 12.0. The van der Waals surface area contributed by atoms with E-state index in [1.165, 1.54) is 0 Å². The van der Waals surface area contributed by atoms with Crippen LogP contribution in [-0.4, -0.2) is 10.9 Å². The van der Waals surface area contributed by atoms with Gasteiger partial charge in [-0.3, -0.25) is 4.79 Å². The zero-order chi connectivity index (χ0) is 12.3. The Bertz CT molecular complexity index is 539. The third-order valence-electron chi connectivity index (χ3n) is 2.52. The molecule has 0 aliphatic heterocycles. The number of hydrogen-bond donors (Lipinski definition) is 1. The molecule has 0 spiro atoms. The van der Waals surface area contributed by atoms with Crippen molar-refractivity contribution < 1.29 is 9.90 Å². The molecule has 0 saturated carbocycles. The van der Waals surface area contributed by atoms with Crippen LogP contribution < -0.4 is 0 Å². The second-order valence-electron chi connectivity index (χ2n) is 3.72. The number of carbonyl (C=O) groups is 1. The van der Waals surface area contributed by atoms with Crippen LogP contribution in [0.15, 0.2) is 61.2 Å². The Morgan fingerprint density at radius 1 is 0.824 bits per heavy atom. The summed E-state index contributed by atoms with van der Waals surface area (Å²) in [5.74, 6) is -0.0237. The van der Waals surface area contributed by atoms with Gasteiger partial charge in [0.2, 0.25) is 0 Å². The molecule has 2 aromatic rings. The second-order valence-corrected chi connectivity index (χ2v) is 3.72. The predicted molar refractivity (Wildman–Crippen MR) is 68.0 cm³/mol. The fourth-order valence-corrected chi connectivity index (χ4v) is 1.57. The van der Waals surface area contributed by atoms with Gasteiger partial charge in [0.25, 0.3) is 0 Å². The molecule has 2 heteroatoms. The average molecular weight is 224 g/mol. The summed E-state index contributed by atoms with van der Waals surface area (Å²) in [4.78, 5) is 12.0. The van der Waals surface area contributed by atoms with E-state index < -0.39 is 0 Å². The van der Waals surface area contributed by atoms with E-state index in [9.17, 15) is 9.90 Å². The van der Waals surface area contributed by atoms with Crippen LogP contribution in [0.1, 0.15) is 21.5 Å². The van der Waals surface area contributed by atoms with Gasteiger partial charge < -0.3 is 5.11 Å². The monoisotopic (exact) mass is 224 g/mol. The molecule has 0 aliphatic rings. The molecule has 0 radical (unpaired) electrons. The van der Waals surface area contributed by atoms with E-state index in [4.69, 9.17) is 0 Å². The molecule has 2 rings (SSSR count). The van der Waals surface area contributed by atoms with Crippen molar-refractivity contribution in [2.75, 3.05) is 0 Å². The van der Waals surface area contributed by atoms with E-state index in [0.717, 1.165) is 0 Å². The van der Waals surface area contributed by atoms with Crippen molar-refractivity contribution in [1.29, 1.82) is 0 Å². The molecule has 0 aromatic heterocycles. The van der Waals surface area contributed by atoms with E-state index in [2.05, 4.69) is 6.58 Å². The highest BCUT2D eigenvalue weighted by Gasteiger charge is 2.08. The minimum atomic E-state index is -0.0271. The van der Waals surface area contributed by atoms with Gasteiger partial charge in [-0.25, -0.2) is 0 Å². The van der Waals surface area contributed by atoms with Crippen molar-refractivity contribution in [2.45, 2.75) is 0 Å². The van der Waals surface area contributed by atoms with E-state index in [1.807, 2.05) is 18.2 Å². The molecule has 0 heterocycles. The lowest BCUT2D eigenvalue weighted by molar-refractivity contribution is 0.103. The first-order valence-electron chi connectivity index (χ1n) is 5.26. The van der Waals surface area contributed by atoms with Crippen LogP contribution in [0.3, 0.4) is 0 Å². The summed E-state index contributed by atoms with van der Waals surface area (Å²) >= 11 is 0. The maximum Gasteiger partial charge on any atom is 0.193 e. The number of benzene rings is 2. The molecular weight excluding hydrogens is 212 g/mol. The van der Waals surface area contributed by atoms with Crippen molar-refractivity contribution >= 4 is 11.5 Å². The summed E-state index contributed by atoms with van der Waals surface area (Å²) in [6.45, 7) is 3.43. The third kappa shape index (κ3) is 2.42. The average Bonchev–Trinajstić information content (AvgIpc) is 2.39. The topological polar surface area (TPSA) is 37.3 Å². The quantitative estimate of drug-likeness (QED) is 0.640. The Kier molecular flexibility index (Phi) is 3.06. The highest BCUT2D eigenvalue weighted by atomic mass is 16.3. The Morgan fingerprint density at radius 2 is 1.29 bits per heavy atom. The minimum Gasteiger partial charge on any atom is -0.508 e. The Morgan fingerprint density at radius 3 is 1.82 bits per heavy atom. The molecule has 2 nitrogen and oxygen atoms in total. The van der Waals surface area contributed by atoms with Gasteiger partial charge in [-0.1, -0.05) is 61.2 Å². The second kappa shape index (κ2) is 4.66. The van der Waals surface area contributed by atoms with Crippen molar-refractivity contribution in [3.8, 4) is 0 Å². The van der Waals surface area contributed by atoms with Crippen LogP contribution in [0.4, 0.5) is 0 Å². The number of rotatable bonds is 3. The van der Waals surface area contributed by atoms with Gasteiger partial charge in [-0.15, -0.1) is 0 Å². The van der Waals surface area contributed by atoms with Gasteiger partial charge in [0.15, 0.2) is 5.78 Å². The SMILES string of the molecule is C=C(O)c1ccc(C(=O)c2ccccc2)cc1. The van der Waals surface area contributed by atoms with E-state index in [-0.39, 0.29) is 11.5 Å². The summed E-state index contributed by atoms with van der Waals surface area (Å²) in [5.41, 5.74) is 1.87. The summed E-state index contributed by atoms with van der Waals surface area (Å²) in [6, 6.07) is 15.8. The molecule has 0 bridgehead atoms. The van der Waals surface area contributed by atoms with Gasteiger partial charge in [0.1, 0.15) is 5.76 Å². The van der Waals surface area contributed by atoms with E-state index in [1.54, 1.807) is 36.4 Å². The molecule has 0 fully saturated rings. The van der Waals surface area contributed by atoms with Gasteiger partial charge in [0.05, 0.1) is 0 Å². The number of aliphatic hydroxyl groups excluding tert-OH is 1. The maximum absolute atomic E-state index is 12.0. The molecular formula is C15H12O2. The zero-order valence-electron chi connectivity index (χ0n) is 9.26. The van der Waals surface area contributed by atoms with Gasteiger partial charge in [-0.2, -0.15) is 0 Å². The van der Waals surface area contributed by atoms with Crippen LogP contribution in [0.25, 0.3) is 5.76 Å². The van der Waals surface area contributed by atoms with Crippen LogP contribution in [0.2, 0.25) is 0 Å². The molecule has 0 atom stereocenters. The van der Waals surface area contributed by atoms with Crippen molar-refractivity contribution in [3.05, 3.63) is 77.9 Å². The van der Waals surface area contributed by atoms with E-state index in [0.29, 0.717) is 16.7 Å². The molecule has 0 unspecified atom stereocenters. The van der Waals surface area contributed by atoms with E-state index >= 15 is 0 Å². The lowest BCUT2D eigenvalue weighted by Crippen LogP contribution is -2.00. The van der Waals surface area contributed by atoms with Crippen LogP contribution >= 0.6 is 0 Å². The van der Waals surface area contributed by atoms with Crippen molar-refractivity contribution in [3.63, 3.8) is 0 Å². The smallest absolute Gasteiger partial charge is 0.193 e. The lowest BCUT2D eigenvalue weighted by atomic mass is 10.0. The first-order chi connectivity index (χ1) is 8.18. The molecule has 2 aromatic carbocycles. The normalized spacial score (nSPS) is 9.88. The largest absolute Gasteiger partial charge is 0.508 e. The molecule has 17 heavy (non-hydrogen) atoms. The lowest BCUT2D eigenvalue weighted by Gasteiger charge is -2.02. The van der Waals surface area contributed by atoms with Gasteiger partial charge >= 0.3 is 0 Å². The van der Waals surface area contributed by atoms with Crippen molar-refractivity contribution in [2.24, 2.45) is 0 Å². The summed E-state index contributed by atoms with van der Waals surface area (Å²) in [5, 5.41) is 9.19. The fraction of sp³-hybridized carbons (Fsp3) is 0. The van der Waals surface area contributed by atoms with Crippen LogP contribution in [0.5, 0.6) is 0 Å². The highest BCUT2D eigenvalue weighted by molar-refractivity contribution is 6.09. The third-order valence-corrected chi connectivity index (χ3v) is 2.52. The Balaban J connectivity index is 2.30. The van der Waals surface area contributed by atoms with Gasteiger partial charge in [-0.05, 0) is 0 Å². The van der Waals surface area contributed by atoms with Crippen LogP contribution in [0, 0.1) is 0 Å². The molecule has 0 aliphatic carbocycles. The number of hydrogen-bond acceptors (Lipinski definition) is 2. The highest BCUT2D eigenvalue weighted by Crippen LogP contribution is 2.14. The van der Waals surface area contributed by atoms with Crippen molar-refractivity contribution in [1.82, 2.24) is 0 Å². The number of aliphatic hydroxyl groups is 1. The first kappa shape index (κ1) is 11.1.